The van der Waals surface area contributed by atoms with Gasteiger partial charge in [0.25, 0.3) is 0 Å². The highest BCUT2D eigenvalue weighted by atomic mass is 16.8. The second-order valence-corrected chi connectivity index (χ2v) is 37.3. The summed E-state index contributed by atoms with van der Waals surface area (Å²) < 4.78 is 90.9. The van der Waals surface area contributed by atoms with Gasteiger partial charge >= 0.3 is 11.9 Å². The third kappa shape index (κ3) is 17.5. The largest absolute Gasteiger partial charge is 0.458 e. The van der Waals surface area contributed by atoms with E-state index in [0.717, 1.165) is 5.57 Å². The first-order chi connectivity index (χ1) is 55.7. The third-order valence-corrected chi connectivity index (χ3v) is 29.3. The minimum absolute atomic E-state index is 0.0317. The number of carbonyl (C=O) groups is 2. The summed E-state index contributed by atoms with van der Waals surface area (Å²) in [4.78, 5) is 31.4. The Bertz CT molecular complexity index is 3520. The van der Waals surface area contributed by atoms with Gasteiger partial charge in [-0.1, -0.05) is 72.3 Å². The maximum absolute atomic E-state index is 16.6. The first-order valence-corrected chi connectivity index (χ1v) is 41.3. The number of ether oxygens (including phenoxy) is 15. The van der Waals surface area contributed by atoms with Gasteiger partial charge in [-0.25, -0.2) is 4.79 Å². The van der Waals surface area contributed by atoms with Gasteiger partial charge in [0.05, 0.1) is 63.6 Å². The number of carbonyl (C=O) groups excluding carboxylic acids is 2. The van der Waals surface area contributed by atoms with Crippen molar-refractivity contribution in [1.82, 2.24) is 0 Å². The average Bonchev–Trinajstić information content (AvgIpc) is 0.668. The zero-order chi connectivity index (χ0) is 87.4. The van der Waals surface area contributed by atoms with E-state index in [0.29, 0.717) is 32.1 Å². The molecule has 0 spiro atoms. The molecule has 0 aromatic carbocycles. The third-order valence-electron chi connectivity index (χ3n) is 29.3. The van der Waals surface area contributed by atoms with E-state index in [4.69, 9.17) is 71.1 Å². The topological polar surface area (TPSA) is 618 Å². The fraction of sp³-hybridized carbons (Fsp3) is 0.900. The Morgan fingerprint density at radius 3 is 1.55 bits per heavy atom. The fourth-order valence-electron chi connectivity index (χ4n) is 21.4. The molecule has 11 fully saturated rings. The molecule has 39 heteroatoms. The number of allylic oxidation sites excluding steroid dienone is 3. The molecule has 39 nitrogen and oxygen atoms in total. The minimum Gasteiger partial charge on any atom is -0.458 e. The first kappa shape index (κ1) is 94.9. The van der Waals surface area contributed by atoms with Gasteiger partial charge < -0.3 is 183 Å². The van der Waals surface area contributed by atoms with Crippen LogP contribution >= 0.6 is 0 Å². The van der Waals surface area contributed by atoms with E-state index in [1.165, 1.54) is 19.9 Å². The van der Waals surface area contributed by atoms with E-state index in [1.54, 1.807) is 13.0 Å². The SMILES string of the molecule is C=C[C@](C)(CC/C=C(\C)C(=O)OC1CC2(C(=O)O[C@@H]3O[C@H](CO[C@@H]4O[C@@H](C)[C@H](O)[C@@H](O)[C@H]4O)[C@@H](O)[C@H](O)[C@H]3O[C@@H]3OC[C@@H](O)[C@H](O)[C@H]3O)C(O)C[C@]3(C)C(=CC[C@@H]4[C@@]5(C)CCC(O[C@@H]6O[C@H](CO[C@@H]7O[C@H](CO)[C@@H](O)[C@H](O)[C@H]7O)[C@@H](O)[C@H](O)[C@H]6O[C@@H]6OC[C@H](O)[C@H](O)[C@H]6O)C(C)(C)C5CC[C@]43C)[C@@H]2CC1(C)C)O[C@@H]1O[C@H](CO)[C@@H](O)[C@H](O)[C@H]1O. The summed E-state index contributed by atoms with van der Waals surface area (Å²) in [5.74, 6) is -3.34. The molecule has 44 atom stereocenters. The number of hydrogen-bond donors (Lipinski definition) is 22. The van der Waals surface area contributed by atoms with Crippen molar-refractivity contribution in [3.05, 3.63) is 36.0 Å². The van der Waals surface area contributed by atoms with Gasteiger partial charge in [-0.3, -0.25) is 4.79 Å². The molecule has 5 unspecified atom stereocenters. The molecule has 0 aromatic rings. The molecule has 12 aliphatic rings. The molecular weight excluding hydrogens is 1580 g/mol. The van der Waals surface area contributed by atoms with E-state index in [9.17, 15) is 117 Å². The Morgan fingerprint density at radius 1 is 0.521 bits per heavy atom. The summed E-state index contributed by atoms with van der Waals surface area (Å²) in [6, 6.07) is 0. The van der Waals surface area contributed by atoms with Gasteiger partial charge in [-0.05, 0) is 118 Å². The molecule has 119 heavy (non-hydrogen) atoms. The van der Waals surface area contributed by atoms with Gasteiger partial charge in [0.1, 0.15) is 158 Å². The van der Waals surface area contributed by atoms with Crippen molar-refractivity contribution in [3.8, 4) is 0 Å². The Morgan fingerprint density at radius 2 is 1.01 bits per heavy atom. The van der Waals surface area contributed by atoms with Crippen LogP contribution in [-0.2, 0) is 80.6 Å². The summed E-state index contributed by atoms with van der Waals surface area (Å²) in [5.41, 5.74) is -6.65. The first-order valence-electron chi connectivity index (χ1n) is 41.3. The second-order valence-electron chi connectivity index (χ2n) is 37.3. The molecule has 682 valence electrons. The van der Waals surface area contributed by atoms with E-state index in [2.05, 4.69) is 33.4 Å². The summed E-state index contributed by atoms with van der Waals surface area (Å²) >= 11 is 0. The van der Waals surface area contributed by atoms with Crippen molar-refractivity contribution >= 4 is 11.9 Å². The molecule has 12 rings (SSSR count). The molecule has 7 heterocycles. The molecule has 0 aromatic heterocycles. The zero-order valence-electron chi connectivity index (χ0n) is 68.5. The normalized spacial score (nSPS) is 51.1. The van der Waals surface area contributed by atoms with Crippen LogP contribution in [0.3, 0.4) is 0 Å². The van der Waals surface area contributed by atoms with Crippen LogP contribution in [0.1, 0.15) is 133 Å². The Labute approximate surface area is 688 Å². The van der Waals surface area contributed by atoms with Crippen molar-refractivity contribution in [3.63, 3.8) is 0 Å². The molecule has 0 amide bonds. The highest BCUT2D eigenvalue weighted by molar-refractivity contribution is 5.88. The summed E-state index contributed by atoms with van der Waals surface area (Å²) in [6.07, 6.45) is -53.8. The number of hydrogen-bond acceptors (Lipinski definition) is 39. The van der Waals surface area contributed by atoms with Crippen LogP contribution in [-0.4, -0.2) is 391 Å². The van der Waals surface area contributed by atoms with E-state index >= 15 is 4.79 Å². The smallest absolute Gasteiger partial charge is 0.333 e. The van der Waals surface area contributed by atoms with Gasteiger partial charge in [0.15, 0.2) is 43.8 Å². The van der Waals surface area contributed by atoms with E-state index in [1.807, 2.05) is 27.7 Å². The lowest BCUT2D eigenvalue weighted by molar-refractivity contribution is -0.376. The molecule has 5 aliphatic carbocycles. The van der Waals surface area contributed by atoms with Crippen molar-refractivity contribution < 1.29 is 193 Å². The Kier molecular flexibility index (Phi) is 29.1. The predicted octanol–water partition coefficient (Wildman–Crippen LogP) is -6.10. The summed E-state index contributed by atoms with van der Waals surface area (Å²) in [6.45, 7) is 18.6. The maximum Gasteiger partial charge on any atom is 0.333 e. The number of rotatable bonds is 24. The average molecular weight is 1710 g/mol. The van der Waals surface area contributed by atoms with Crippen molar-refractivity contribution in [2.24, 2.45) is 50.2 Å². The highest BCUT2D eigenvalue weighted by Crippen LogP contribution is 2.76. The van der Waals surface area contributed by atoms with Crippen LogP contribution in [0, 0.1) is 50.2 Å². The van der Waals surface area contributed by atoms with E-state index in [-0.39, 0.29) is 43.1 Å². The van der Waals surface area contributed by atoms with Crippen LogP contribution in [0.25, 0.3) is 0 Å². The van der Waals surface area contributed by atoms with Crippen LogP contribution < -0.4 is 0 Å². The van der Waals surface area contributed by atoms with Gasteiger partial charge in [-0.15, -0.1) is 6.58 Å². The second kappa shape index (κ2) is 36.5. The lowest BCUT2D eigenvalue weighted by atomic mass is 9.33. The lowest BCUT2D eigenvalue weighted by Gasteiger charge is -2.72. The molecule has 7 saturated heterocycles. The molecule has 0 bridgehead atoms. The molecular formula is C80H128O39. The Balaban J connectivity index is 0.850. The standard InChI is InChI=1S/C80H128O39/c1-12-76(8,119-70-62(102)55(95)50(90)38(26-82)111-70)19-13-14-31(2)65(103)114-45-24-80(73(104)118-72-64(117-69-59(99)48(88)36(84)28-106-69)57(97)52(92)40(113-72)29-107-66-60(100)53(93)46(86)32(3)109-66)34(22-74(45,4)5)33-15-16-42-77(9)20-18-44(75(6,7)41(77)17-21-78(42,10)79(33,11)23-43(80)85)115-71-63(116-68-58(98)47(87)35(83)27-105-68)56(96)51(91)39(112-71)30-108-67-61(101)54(94)49(89)37(25-81)110-67/h12,14-15,32,34-64,66-72,81-102H,1,13,16-30H2,2-11H3/b31-14+/t32-,34-,35-,36+,37+,38+,39+,40+,41?,42+,43?,44?,45?,46-,47-,48-,49+,50+,51+,52+,53+,54-,55-,56-,57-,58+,59+,60+,61+,62+,63+,64+,66+,67+,68-,69-,70-,71-,72-,76+,77-,78+,79+,80?/m0/s1. The monoisotopic (exact) mass is 1710 g/mol. The van der Waals surface area contributed by atoms with Gasteiger partial charge in [-0.2, -0.15) is 0 Å². The molecule has 7 aliphatic heterocycles. The highest BCUT2D eigenvalue weighted by Gasteiger charge is 2.74. The maximum atomic E-state index is 16.6. The lowest BCUT2D eigenvalue weighted by Crippen LogP contribution is -2.70. The zero-order valence-corrected chi connectivity index (χ0v) is 68.5. The van der Waals surface area contributed by atoms with Crippen molar-refractivity contribution in [2.45, 2.75) is 360 Å². The number of aliphatic hydroxyl groups is 22. The van der Waals surface area contributed by atoms with Gasteiger partial charge in [0, 0.05) is 17.4 Å². The fourth-order valence-corrected chi connectivity index (χ4v) is 21.4. The Hall–Kier alpha value is -3.24. The van der Waals surface area contributed by atoms with Crippen LogP contribution in [0.15, 0.2) is 36.0 Å². The van der Waals surface area contributed by atoms with Crippen LogP contribution in [0.5, 0.6) is 0 Å². The predicted molar refractivity (Wildman–Crippen MR) is 398 cm³/mol. The quantitative estimate of drug-likeness (QED) is 0.0185. The molecule has 4 saturated carbocycles. The number of aliphatic hydroxyl groups excluding tert-OH is 22. The van der Waals surface area contributed by atoms with Crippen molar-refractivity contribution in [2.75, 3.05) is 39.6 Å². The number of fused-ring (bicyclic) bond motifs is 7. The summed E-state index contributed by atoms with van der Waals surface area (Å²) in [5, 5.41) is 242. The molecule has 0 radical (unpaired) electrons. The van der Waals surface area contributed by atoms with Crippen molar-refractivity contribution in [1.29, 1.82) is 0 Å². The number of esters is 2. The summed E-state index contributed by atoms with van der Waals surface area (Å²) in [7, 11) is 0. The van der Waals surface area contributed by atoms with Crippen LogP contribution in [0.4, 0.5) is 0 Å². The van der Waals surface area contributed by atoms with Crippen LogP contribution in [0.2, 0.25) is 0 Å². The van der Waals surface area contributed by atoms with E-state index < -0.39 is 323 Å². The molecule has 22 N–H and O–H groups in total. The minimum atomic E-state index is -2.16. The van der Waals surface area contributed by atoms with Gasteiger partial charge in [0.2, 0.25) is 6.29 Å².